The molecule has 3 aromatic rings. The van der Waals surface area contributed by atoms with Crippen molar-refractivity contribution < 1.29 is 4.74 Å². The van der Waals surface area contributed by atoms with E-state index in [2.05, 4.69) is 27.8 Å². The van der Waals surface area contributed by atoms with Crippen molar-refractivity contribution in [2.75, 3.05) is 0 Å². The molecule has 4 rings (SSSR count). The van der Waals surface area contributed by atoms with E-state index in [1.165, 1.54) is 26.6 Å². The van der Waals surface area contributed by atoms with Crippen molar-refractivity contribution in [3.05, 3.63) is 62.5 Å². The quantitative estimate of drug-likeness (QED) is 0.698. The fourth-order valence-corrected chi connectivity index (χ4v) is 4.49. The van der Waals surface area contributed by atoms with Gasteiger partial charge in [0.05, 0.1) is 6.61 Å². The highest BCUT2D eigenvalue weighted by Crippen LogP contribution is 2.36. The zero-order valence-corrected chi connectivity index (χ0v) is 14.5. The van der Waals surface area contributed by atoms with Gasteiger partial charge in [0.15, 0.2) is 5.82 Å². The van der Waals surface area contributed by atoms with Crippen LogP contribution in [0.3, 0.4) is 0 Å². The first kappa shape index (κ1) is 14.9. The average Bonchev–Trinajstić information content (AvgIpc) is 2.95. The zero-order chi connectivity index (χ0) is 16.0. The van der Waals surface area contributed by atoms with Crippen LogP contribution in [0.1, 0.15) is 33.2 Å². The molecule has 2 aromatic heterocycles. The molecule has 4 nitrogen and oxygen atoms in total. The van der Waals surface area contributed by atoms with Gasteiger partial charge in [0.1, 0.15) is 17.4 Å². The van der Waals surface area contributed by atoms with E-state index in [0.29, 0.717) is 13.2 Å². The zero-order valence-electron chi connectivity index (χ0n) is 13.0. The molecule has 6 heteroatoms. The van der Waals surface area contributed by atoms with E-state index in [-0.39, 0.29) is 0 Å². The first-order chi connectivity index (χ1) is 11.1. The number of ether oxygens (including phenoxy) is 1. The number of hydrogen-bond acceptors (Lipinski definition) is 4. The van der Waals surface area contributed by atoms with Gasteiger partial charge in [-0.25, -0.2) is 0 Å². The second-order valence-corrected chi connectivity index (χ2v) is 7.36. The topological polar surface area (TPSA) is 39.9 Å². The Balaban J connectivity index is 1.82. The van der Waals surface area contributed by atoms with E-state index < -0.39 is 0 Å². The molecule has 0 N–H and O–H groups in total. The van der Waals surface area contributed by atoms with E-state index in [1.54, 1.807) is 11.3 Å². The van der Waals surface area contributed by atoms with Crippen LogP contribution in [0.5, 0.6) is 0 Å². The first-order valence-corrected chi connectivity index (χ1v) is 8.67. The van der Waals surface area contributed by atoms with Crippen LogP contribution >= 0.6 is 22.9 Å². The van der Waals surface area contributed by atoms with E-state index >= 15 is 0 Å². The summed E-state index contributed by atoms with van der Waals surface area (Å²) in [6.07, 6.45) is 0.859. The lowest BCUT2D eigenvalue weighted by Gasteiger charge is -2.07. The molecule has 118 valence electrons. The monoisotopic (exact) mass is 345 g/mol. The number of rotatable bonds is 2. The summed E-state index contributed by atoms with van der Waals surface area (Å²) in [5.74, 6) is 1.78. The second kappa shape index (κ2) is 5.74. The normalized spacial score (nSPS) is 13.5. The molecule has 1 aromatic carbocycles. The maximum atomic E-state index is 6.12. The second-order valence-electron chi connectivity index (χ2n) is 5.72. The third-order valence-corrected chi connectivity index (χ3v) is 5.55. The summed E-state index contributed by atoms with van der Waals surface area (Å²) in [6.45, 7) is 5.26. The lowest BCUT2D eigenvalue weighted by Crippen LogP contribution is -2.00. The highest BCUT2D eigenvalue weighted by Gasteiger charge is 2.24. The number of halogens is 1. The van der Waals surface area contributed by atoms with Crippen molar-refractivity contribution in [1.82, 2.24) is 14.8 Å². The van der Waals surface area contributed by atoms with Crippen LogP contribution in [0, 0.1) is 13.8 Å². The van der Waals surface area contributed by atoms with Gasteiger partial charge >= 0.3 is 0 Å². The molecule has 0 bridgehead atoms. The van der Waals surface area contributed by atoms with Crippen molar-refractivity contribution in [3.63, 3.8) is 0 Å². The molecule has 1 aliphatic heterocycles. The fourth-order valence-electron chi connectivity index (χ4n) is 3.03. The highest BCUT2D eigenvalue weighted by atomic mass is 35.5. The Morgan fingerprint density at radius 2 is 2.13 bits per heavy atom. The van der Waals surface area contributed by atoms with Crippen molar-refractivity contribution in [2.45, 2.75) is 33.5 Å². The molecule has 0 spiro atoms. The van der Waals surface area contributed by atoms with Crippen molar-refractivity contribution in [2.24, 2.45) is 0 Å². The molecule has 1 aliphatic rings. The Morgan fingerprint density at radius 3 is 2.96 bits per heavy atom. The number of hydrogen-bond donors (Lipinski definition) is 0. The Hall–Kier alpha value is -1.69. The van der Waals surface area contributed by atoms with Gasteiger partial charge in [-0.15, -0.1) is 21.5 Å². The summed E-state index contributed by atoms with van der Waals surface area (Å²) in [6, 6.07) is 8.04. The van der Waals surface area contributed by atoms with Crippen LogP contribution in [0.2, 0.25) is 5.02 Å². The maximum absolute atomic E-state index is 6.12. The van der Waals surface area contributed by atoms with Crippen LogP contribution in [-0.4, -0.2) is 14.8 Å². The predicted molar refractivity (Wildman–Crippen MR) is 91.5 cm³/mol. The number of benzene rings is 1. The molecule has 0 saturated heterocycles. The summed E-state index contributed by atoms with van der Waals surface area (Å²) in [5, 5.41) is 10.4. The smallest absolute Gasteiger partial charge is 0.164 e. The number of aryl methyl sites for hydroxylation is 2. The van der Waals surface area contributed by atoms with Crippen molar-refractivity contribution in [3.8, 4) is 5.00 Å². The van der Waals surface area contributed by atoms with Crippen molar-refractivity contribution in [1.29, 1.82) is 0 Å². The number of nitrogens with zero attached hydrogens (tertiary/aromatic N) is 3. The number of fused-ring (bicyclic) bond motifs is 3. The standard InChI is InChI=1S/C17H16ClN3OS/c1-10-14(7-12-4-3-5-13(18)6-12)15-8-22-9-16-20-19-11(2)21(16)17(15)23-10/h3-6H,7-9H2,1-2H3. The van der Waals surface area contributed by atoms with Gasteiger partial charge in [-0.05, 0) is 43.5 Å². The minimum atomic E-state index is 0.498. The molecular formula is C17H16ClN3OS. The number of aromatic nitrogens is 3. The molecule has 0 fully saturated rings. The summed E-state index contributed by atoms with van der Waals surface area (Å²) >= 11 is 7.91. The van der Waals surface area contributed by atoms with Gasteiger partial charge in [0.25, 0.3) is 0 Å². The minimum Gasteiger partial charge on any atom is -0.369 e. The van der Waals surface area contributed by atoms with Gasteiger partial charge in [-0.3, -0.25) is 4.57 Å². The summed E-state index contributed by atoms with van der Waals surface area (Å²) in [7, 11) is 0. The van der Waals surface area contributed by atoms with Crippen LogP contribution in [0.4, 0.5) is 0 Å². The van der Waals surface area contributed by atoms with Crippen LogP contribution in [-0.2, 0) is 24.4 Å². The van der Waals surface area contributed by atoms with Crippen molar-refractivity contribution >= 4 is 22.9 Å². The molecule has 0 saturated carbocycles. The summed E-state index contributed by atoms with van der Waals surface area (Å²) in [4.78, 5) is 1.31. The fraction of sp³-hybridized carbons (Fsp3) is 0.294. The van der Waals surface area contributed by atoms with E-state index in [9.17, 15) is 0 Å². The minimum absolute atomic E-state index is 0.498. The number of thiophene rings is 1. The van der Waals surface area contributed by atoms with Crippen LogP contribution in [0.15, 0.2) is 24.3 Å². The average molecular weight is 346 g/mol. The molecule has 23 heavy (non-hydrogen) atoms. The highest BCUT2D eigenvalue weighted by molar-refractivity contribution is 7.14. The molecular weight excluding hydrogens is 330 g/mol. The molecule has 0 unspecified atom stereocenters. The van der Waals surface area contributed by atoms with E-state index in [1.807, 2.05) is 25.1 Å². The van der Waals surface area contributed by atoms with Gasteiger partial charge in [0, 0.05) is 15.5 Å². The Morgan fingerprint density at radius 1 is 1.26 bits per heavy atom. The lowest BCUT2D eigenvalue weighted by molar-refractivity contribution is 0.104. The van der Waals surface area contributed by atoms with Gasteiger partial charge in [-0.2, -0.15) is 0 Å². The molecule has 0 atom stereocenters. The summed E-state index contributed by atoms with van der Waals surface area (Å²) < 4.78 is 7.96. The van der Waals surface area contributed by atoms with Gasteiger partial charge in [0.2, 0.25) is 0 Å². The SMILES string of the molecule is Cc1sc2c(c1Cc1cccc(Cl)c1)COCc1nnc(C)n1-2. The van der Waals surface area contributed by atoms with Crippen LogP contribution in [0.25, 0.3) is 5.00 Å². The lowest BCUT2D eigenvalue weighted by atomic mass is 10.0. The Labute approximate surface area is 143 Å². The van der Waals surface area contributed by atoms with Crippen LogP contribution < -0.4 is 0 Å². The van der Waals surface area contributed by atoms with E-state index in [4.69, 9.17) is 16.3 Å². The Bertz CT molecular complexity index is 884. The van der Waals surface area contributed by atoms with E-state index in [0.717, 1.165) is 23.1 Å². The molecule has 0 radical (unpaired) electrons. The van der Waals surface area contributed by atoms with Gasteiger partial charge in [-0.1, -0.05) is 23.7 Å². The molecule has 0 amide bonds. The molecule has 3 heterocycles. The Kier molecular flexibility index (Phi) is 3.71. The largest absolute Gasteiger partial charge is 0.369 e. The van der Waals surface area contributed by atoms with Gasteiger partial charge < -0.3 is 4.74 Å². The maximum Gasteiger partial charge on any atom is 0.164 e. The third-order valence-electron chi connectivity index (χ3n) is 4.14. The summed E-state index contributed by atoms with van der Waals surface area (Å²) in [5.41, 5.74) is 3.79. The predicted octanol–water partition coefficient (Wildman–Crippen LogP) is 4.22. The third kappa shape index (κ3) is 2.59. The molecule has 0 aliphatic carbocycles. The first-order valence-electron chi connectivity index (χ1n) is 7.48.